The van der Waals surface area contributed by atoms with Crippen LogP contribution in [-0.4, -0.2) is 26.0 Å². The molecule has 1 aromatic carbocycles. The molecule has 1 aromatic heterocycles. The van der Waals surface area contributed by atoms with Crippen molar-refractivity contribution in [1.29, 1.82) is 0 Å². The molecule has 0 aliphatic rings. The van der Waals surface area contributed by atoms with Gasteiger partial charge in [-0.3, -0.25) is 4.79 Å². The zero-order chi connectivity index (χ0) is 13.8. The lowest BCUT2D eigenvalue weighted by Crippen LogP contribution is -2.23. The summed E-state index contributed by atoms with van der Waals surface area (Å²) in [6.45, 7) is 3.55. The van der Waals surface area contributed by atoms with Gasteiger partial charge in [-0.2, -0.15) is 0 Å². The van der Waals surface area contributed by atoms with Gasteiger partial charge in [-0.05, 0) is 26.0 Å². The van der Waals surface area contributed by atoms with Crippen molar-refractivity contribution in [3.63, 3.8) is 0 Å². The van der Waals surface area contributed by atoms with Crippen LogP contribution in [0.15, 0.2) is 35.5 Å². The van der Waals surface area contributed by atoms with Gasteiger partial charge in [0.25, 0.3) is 0 Å². The lowest BCUT2D eigenvalue weighted by atomic mass is 10.3. The SMILES string of the molecule is Cc1nnc(SC(C)C(=O)Nc2ccccc2)n1N. The summed E-state index contributed by atoms with van der Waals surface area (Å²) in [4.78, 5) is 12.0. The number of nitrogens with two attached hydrogens (primary N) is 1. The highest BCUT2D eigenvalue weighted by Crippen LogP contribution is 2.21. The van der Waals surface area contributed by atoms with Crippen LogP contribution in [0.4, 0.5) is 5.69 Å². The first-order valence-corrected chi connectivity index (χ1v) is 6.65. The fourth-order valence-electron chi connectivity index (χ4n) is 1.41. The van der Waals surface area contributed by atoms with E-state index >= 15 is 0 Å². The number of thioether (sulfide) groups is 1. The summed E-state index contributed by atoms with van der Waals surface area (Å²) in [6, 6.07) is 9.31. The first-order chi connectivity index (χ1) is 9.08. The van der Waals surface area contributed by atoms with Crippen LogP contribution in [0.5, 0.6) is 0 Å². The predicted octanol–water partition coefficient (Wildman–Crippen LogP) is 1.42. The second-order valence-electron chi connectivity index (χ2n) is 4.02. The normalized spacial score (nSPS) is 12.1. The largest absolute Gasteiger partial charge is 0.336 e. The highest BCUT2D eigenvalue weighted by atomic mass is 32.2. The van der Waals surface area contributed by atoms with Crippen molar-refractivity contribution in [3.8, 4) is 0 Å². The van der Waals surface area contributed by atoms with E-state index in [1.165, 1.54) is 16.4 Å². The molecule has 1 heterocycles. The molecule has 100 valence electrons. The first-order valence-electron chi connectivity index (χ1n) is 5.77. The van der Waals surface area contributed by atoms with E-state index < -0.39 is 0 Å². The minimum atomic E-state index is -0.314. The number of rotatable bonds is 4. The Bertz CT molecular complexity index is 569. The van der Waals surface area contributed by atoms with Crippen LogP contribution in [0.3, 0.4) is 0 Å². The Kier molecular flexibility index (Phi) is 4.06. The monoisotopic (exact) mass is 277 g/mol. The summed E-state index contributed by atoms with van der Waals surface area (Å²) in [5, 5.41) is 10.8. The fourth-order valence-corrected chi connectivity index (χ4v) is 2.22. The lowest BCUT2D eigenvalue weighted by molar-refractivity contribution is -0.115. The smallest absolute Gasteiger partial charge is 0.237 e. The summed E-state index contributed by atoms with van der Waals surface area (Å²) >= 11 is 1.27. The van der Waals surface area contributed by atoms with Crippen molar-refractivity contribution in [1.82, 2.24) is 14.9 Å². The number of carbonyl (C=O) groups is 1. The van der Waals surface area contributed by atoms with Gasteiger partial charge in [-0.1, -0.05) is 30.0 Å². The predicted molar refractivity (Wildman–Crippen MR) is 75.3 cm³/mol. The van der Waals surface area contributed by atoms with Gasteiger partial charge in [0, 0.05) is 5.69 Å². The van der Waals surface area contributed by atoms with Crippen LogP contribution in [0, 0.1) is 6.92 Å². The van der Waals surface area contributed by atoms with Crippen molar-refractivity contribution >= 4 is 23.4 Å². The van der Waals surface area contributed by atoms with Gasteiger partial charge < -0.3 is 11.2 Å². The van der Waals surface area contributed by atoms with Gasteiger partial charge in [0.1, 0.15) is 5.82 Å². The number of aromatic nitrogens is 3. The van der Waals surface area contributed by atoms with Crippen molar-refractivity contribution in [2.24, 2.45) is 0 Å². The summed E-state index contributed by atoms with van der Waals surface area (Å²) in [5.41, 5.74) is 0.769. The number of hydrogen-bond donors (Lipinski definition) is 2. The molecule has 1 amide bonds. The zero-order valence-electron chi connectivity index (χ0n) is 10.7. The number of aryl methyl sites for hydroxylation is 1. The molecular formula is C12H15N5OS. The van der Waals surface area contributed by atoms with Gasteiger partial charge in [0.05, 0.1) is 5.25 Å². The molecule has 0 saturated carbocycles. The van der Waals surface area contributed by atoms with Crippen molar-refractivity contribution in [2.75, 3.05) is 11.2 Å². The average Bonchev–Trinajstić information content (AvgIpc) is 2.72. The topological polar surface area (TPSA) is 85.8 Å². The van der Waals surface area contributed by atoms with Crippen LogP contribution in [-0.2, 0) is 4.79 Å². The third kappa shape index (κ3) is 3.25. The summed E-state index contributed by atoms with van der Waals surface area (Å²) in [6.07, 6.45) is 0. The van der Waals surface area contributed by atoms with Crippen molar-refractivity contribution < 1.29 is 4.79 Å². The van der Waals surface area contributed by atoms with Gasteiger partial charge in [0.15, 0.2) is 0 Å². The number of benzene rings is 1. The molecule has 0 saturated heterocycles. The van der Waals surface area contributed by atoms with Crippen LogP contribution < -0.4 is 11.2 Å². The van der Waals surface area contributed by atoms with E-state index in [2.05, 4.69) is 15.5 Å². The number of amides is 1. The molecule has 0 fully saturated rings. The molecule has 2 aromatic rings. The highest BCUT2D eigenvalue weighted by Gasteiger charge is 2.18. The Labute approximate surface area is 115 Å². The summed E-state index contributed by atoms with van der Waals surface area (Å²) < 4.78 is 1.37. The maximum absolute atomic E-state index is 12.0. The molecule has 0 spiro atoms. The van der Waals surface area contributed by atoms with E-state index in [1.807, 2.05) is 30.3 Å². The standard InChI is InChI=1S/C12H15N5OS/c1-8(19-12-16-15-9(2)17(12)13)11(18)14-10-6-4-3-5-7-10/h3-8H,13H2,1-2H3,(H,14,18). The Morgan fingerprint density at radius 2 is 2.05 bits per heavy atom. The van der Waals surface area contributed by atoms with E-state index in [4.69, 9.17) is 5.84 Å². The maximum atomic E-state index is 12.0. The molecular weight excluding hydrogens is 262 g/mol. The Hall–Kier alpha value is -2.02. The first kappa shape index (κ1) is 13.4. The molecule has 1 unspecified atom stereocenters. The molecule has 1 atom stereocenters. The molecule has 0 aliphatic heterocycles. The van der Waals surface area contributed by atoms with Crippen LogP contribution >= 0.6 is 11.8 Å². The van der Waals surface area contributed by atoms with E-state index in [9.17, 15) is 4.79 Å². The molecule has 0 bridgehead atoms. The molecule has 3 N–H and O–H groups in total. The molecule has 2 rings (SSSR count). The lowest BCUT2D eigenvalue weighted by Gasteiger charge is -2.11. The van der Waals surface area contributed by atoms with E-state index in [0.717, 1.165) is 5.69 Å². The number of para-hydroxylation sites is 1. The average molecular weight is 277 g/mol. The Morgan fingerprint density at radius 3 is 2.63 bits per heavy atom. The van der Waals surface area contributed by atoms with Crippen molar-refractivity contribution in [3.05, 3.63) is 36.2 Å². The molecule has 0 radical (unpaired) electrons. The van der Waals surface area contributed by atoms with Crippen LogP contribution in [0.1, 0.15) is 12.7 Å². The number of nitrogens with one attached hydrogen (secondary N) is 1. The van der Waals surface area contributed by atoms with Gasteiger partial charge in [-0.15, -0.1) is 10.2 Å². The second kappa shape index (κ2) is 5.75. The zero-order valence-corrected chi connectivity index (χ0v) is 11.5. The molecule has 0 aliphatic carbocycles. The number of carbonyl (C=O) groups excluding carboxylic acids is 1. The maximum Gasteiger partial charge on any atom is 0.237 e. The summed E-state index contributed by atoms with van der Waals surface area (Å²) in [5.74, 6) is 6.25. The number of hydrogen-bond acceptors (Lipinski definition) is 5. The number of nitrogen functional groups attached to an aromatic ring is 1. The minimum absolute atomic E-state index is 0.100. The third-order valence-electron chi connectivity index (χ3n) is 2.53. The second-order valence-corrected chi connectivity index (χ2v) is 5.32. The Balaban J connectivity index is 1.98. The van der Waals surface area contributed by atoms with Crippen LogP contribution in [0.25, 0.3) is 0 Å². The van der Waals surface area contributed by atoms with Gasteiger partial charge in [-0.25, -0.2) is 4.68 Å². The molecule has 6 nitrogen and oxygen atoms in total. The quantitative estimate of drug-likeness (QED) is 0.652. The van der Waals surface area contributed by atoms with E-state index in [1.54, 1.807) is 13.8 Å². The summed E-state index contributed by atoms with van der Waals surface area (Å²) in [7, 11) is 0. The van der Waals surface area contributed by atoms with Crippen molar-refractivity contribution in [2.45, 2.75) is 24.3 Å². The van der Waals surface area contributed by atoms with Crippen LogP contribution in [0.2, 0.25) is 0 Å². The number of nitrogens with zero attached hydrogens (tertiary/aromatic N) is 3. The van der Waals surface area contributed by atoms with Gasteiger partial charge in [0.2, 0.25) is 11.1 Å². The fraction of sp³-hybridized carbons (Fsp3) is 0.250. The number of anilines is 1. The third-order valence-corrected chi connectivity index (χ3v) is 3.58. The van der Waals surface area contributed by atoms with Gasteiger partial charge >= 0.3 is 0 Å². The Morgan fingerprint density at radius 1 is 1.37 bits per heavy atom. The molecule has 7 heteroatoms. The highest BCUT2D eigenvalue weighted by molar-refractivity contribution is 8.00. The molecule has 19 heavy (non-hydrogen) atoms. The van der Waals surface area contributed by atoms with E-state index in [-0.39, 0.29) is 11.2 Å². The minimum Gasteiger partial charge on any atom is -0.336 e. The van der Waals surface area contributed by atoms with E-state index in [0.29, 0.717) is 11.0 Å².